The van der Waals surface area contributed by atoms with Crippen LogP contribution in [-0.2, 0) is 4.74 Å². The molecule has 738 valence electrons. The predicted octanol–water partition coefficient (Wildman–Crippen LogP) is 31.1. The van der Waals surface area contributed by atoms with Gasteiger partial charge in [0.25, 0.3) is 0 Å². The fourth-order valence-electron chi connectivity index (χ4n) is 17.2. The Morgan fingerprint density at radius 3 is 1.03 bits per heavy atom. The Morgan fingerprint density at radius 2 is 0.606 bits per heavy atom. The summed E-state index contributed by atoms with van der Waals surface area (Å²) in [6.07, 6.45) is 49.3. The summed E-state index contributed by atoms with van der Waals surface area (Å²) in [5, 5.41) is 10.7. The van der Waals surface area contributed by atoms with Crippen LogP contribution in [-0.4, -0.2) is 116 Å². The van der Waals surface area contributed by atoms with Gasteiger partial charge in [0.15, 0.2) is 0 Å². The molecule has 7 aromatic rings. The topological polar surface area (TPSA) is 159 Å². The molecule has 1 atom stereocenters. The van der Waals surface area contributed by atoms with Gasteiger partial charge in [0.1, 0.15) is 93.7 Å². The molecule has 16 nitrogen and oxygen atoms in total. The van der Waals surface area contributed by atoms with E-state index in [-0.39, 0.29) is 6.10 Å². The van der Waals surface area contributed by atoms with Gasteiger partial charge in [-0.1, -0.05) is 214 Å². The van der Waals surface area contributed by atoms with Crippen LogP contribution in [0.3, 0.4) is 0 Å². The molecule has 6 aliphatic rings. The van der Waals surface area contributed by atoms with Crippen molar-refractivity contribution in [2.45, 2.75) is 352 Å². The van der Waals surface area contributed by atoms with Gasteiger partial charge in [-0.3, -0.25) is 0 Å². The van der Waals surface area contributed by atoms with E-state index in [0.717, 1.165) is 266 Å². The van der Waals surface area contributed by atoms with Gasteiger partial charge < -0.3 is 76.2 Å². The average molecular weight is 1830 g/mol. The van der Waals surface area contributed by atoms with E-state index in [1.165, 1.54) is 191 Å². The van der Waals surface area contributed by atoms with Gasteiger partial charge in [-0.2, -0.15) is 0 Å². The lowest BCUT2D eigenvalue weighted by Gasteiger charge is -2.30. The number of ether oxygens (including phenoxy) is 15. The van der Waals surface area contributed by atoms with Gasteiger partial charge in [0.05, 0.1) is 91.0 Å². The van der Waals surface area contributed by atoms with Crippen molar-refractivity contribution in [1.82, 2.24) is 0 Å². The molecule has 1 aliphatic heterocycles. The third-order valence-electron chi connectivity index (χ3n) is 24.9. The van der Waals surface area contributed by atoms with Gasteiger partial charge in [-0.25, -0.2) is 0 Å². The van der Waals surface area contributed by atoms with Crippen LogP contribution in [0.4, 0.5) is 0 Å². The van der Waals surface area contributed by atoms with Gasteiger partial charge in [0, 0.05) is 48.6 Å². The molecule has 0 bridgehead atoms. The summed E-state index contributed by atoms with van der Waals surface area (Å²) < 4.78 is 86.5. The minimum atomic E-state index is -0.666. The van der Waals surface area contributed by atoms with E-state index in [2.05, 4.69) is 113 Å². The Morgan fingerprint density at radius 1 is 0.288 bits per heavy atom. The number of aryl methyl sites for hydroxylation is 2. The van der Waals surface area contributed by atoms with Crippen LogP contribution in [0.5, 0.6) is 80.5 Å². The van der Waals surface area contributed by atoms with E-state index >= 15 is 0 Å². The maximum Gasteiger partial charge on any atom is 0.125 e. The Hall–Kier alpha value is -8.34. The van der Waals surface area contributed by atoms with Crippen LogP contribution in [0.15, 0.2) is 152 Å². The third-order valence-corrected chi connectivity index (χ3v) is 24.9. The molecule has 5 saturated carbocycles. The zero-order valence-electron chi connectivity index (χ0n) is 84.4. The molecule has 5 aliphatic carbocycles. The maximum atomic E-state index is 10.7. The molecule has 1 unspecified atom stereocenters. The molecule has 0 amide bonds. The van der Waals surface area contributed by atoms with Crippen molar-refractivity contribution < 1.29 is 76.2 Å². The first-order valence-electron chi connectivity index (χ1n) is 52.5. The lowest BCUT2D eigenvalue weighted by Crippen LogP contribution is -2.36. The zero-order chi connectivity index (χ0) is 94.0. The normalized spacial score (nSPS) is 16.3. The van der Waals surface area contributed by atoms with Crippen LogP contribution in [0.25, 0.3) is 0 Å². The lowest BCUT2D eigenvalue weighted by atomic mass is 9.88. The first-order valence-corrected chi connectivity index (χ1v) is 52.5. The Kier molecular flexibility index (Phi) is 58.2. The minimum Gasteiger partial charge on any atom is -0.493 e. The van der Waals surface area contributed by atoms with E-state index in [4.69, 9.17) is 71.1 Å². The van der Waals surface area contributed by atoms with Crippen LogP contribution < -0.4 is 66.3 Å². The summed E-state index contributed by atoms with van der Waals surface area (Å²) >= 11 is 0. The van der Waals surface area contributed by atoms with Gasteiger partial charge >= 0.3 is 0 Å². The summed E-state index contributed by atoms with van der Waals surface area (Å²) in [5.41, 5.74) is 2.85. The molecule has 6 fully saturated rings. The highest BCUT2D eigenvalue weighted by atomic mass is 16.5. The second-order valence-electron chi connectivity index (χ2n) is 37.4. The van der Waals surface area contributed by atoms with Crippen molar-refractivity contribution >= 4 is 0 Å². The summed E-state index contributed by atoms with van der Waals surface area (Å²) in [6, 6.07) is 49.9. The first kappa shape index (κ1) is 111. The summed E-state index contributed by atoms with van der Waals surface area (Å²) in [7, 11) is 0. The smallest absolute Gasteiger partial charge is 0.125 e. The number of aliphatic hydroxyl groups is 1. The summed E-state index contributed by atoms with van der Waals surface area (Å²) in [6.45, 7) is 36.9. The monoisotopic (exact) mass is 1830 g/mol. The molecule has 0 spiro atoms. The maximum absolute atomic E-state index is 10.7. The molecule has 16 heteroatoms. The molecule has 0 aromatic heterocycles. The summed E-state index contributed by atoms with van der Waals surface area (Å²) in [4.78, 5) is 0. The zero-order valence-corrected chi connectivity index (χ0v) is 84.4. The number of hydrogen-bond donors (Lipinski definition) is 1. The molecule has 1 saturated heterocycles. The van der Waals surface area contributed by atoms with Gasteiger partial charge in [0.2, 0.25) is 0 Å². The molecule has 13 rings (SSSR count). The van der Waals surface area contributed by atoms with Crippen molar-refractivity contribution in [3.63, 3.8) is 0 Å². The predicted molar refractivity (Wildman–Crippen MR) is 544 cm³/mol. The van der Waals surface area contributed by atoms with Crippen molar-refractivity contribution in [3.05, 3.63) is 168 Å². The van der Waals surface area contributed by atoms with Crippen LogP contribution in [0.1, 0.15) is 336 Å². The van der Waals surface area contributed by atoms with E-state index in [1.54, 1.807) is 0 Å². The second-order valence-corrected chi connectivity index (χ2v) is 37.4. The Bertz CT molecular complexity index is 3980. The highest BCUT2D eigenvalue weighted by molar-refractivity contribution is 5.44. The second kappa shape index (κ2) is 69.5. The van der Waals surface area contributed by atoms with E-state index in [9.17, 15) is 5.11 Å². The van der Waals surface area contributed by atoms with Crippen molar-refractivity contribution in [1.29, 1.82) is 0 Å². The largest absolute Gasteiger partial charge is 0.493 e. The molecule has 132 heavy (non-hydrogen) atoms. The highest BCUT2D eigenvalue weighted by Crippen LogP contribution is 2.36. The standard InChI is InChI=1S/C18H28O3.3C17H26O2.C17H28O2.C15H22O3.C15H22O2/c1-2-13-20-16-9-8-10-17(14-16)21-15-18(19)11-6-4-3-5-7-12-18;1-3-12-18-16-10-7-11-17(14(16)2)19-13-15-8-5-4-6-9-15;1-3-11-18-17-12-16(10-9-14(17)2)19-13-15-7-5-4-6-8-15;1-3-9-18-16-10-14(2)11-17(12-16)19-13-15-7-5-4-6-8-15;1-4-8-15(9-5-2)14-19-17-11-7-10-16(13-17)18-12-6-3;1-2-9-16-13-7-5-8-14(11-13)18-12-15-6-3-4-10-17-15;1-2-10-16-14-8-5-9-15(11-14)17-12-13-6-3-4-7-13/h8-10,14,19H,2-7,11-13,15H2,1H3;7,10-11,15H,3-6,8-9,12-13H2,1-2H3;9-10,12,15H,3-8,11,13H2,1-2H3;10-12,15H,3-9,13H2,1-2H3;7,10-11,13,15H,4-6,8-9,12,14H2,1-3H3;5,7-8,11,15H,2-4,6,9-10,12H2,1H3;5,8-9,11,13H,2-4,6-7,10,12H2,1H3. The first-order chi connectivity index (χ1) is 64.7. The SMILES string of the molecule is CCCOc1cc(C)cc(OCC2CCCCC2)c1.CCCOc1cc(OCC2CCCCC2)ccc1C.CCCOc1cccc(OCC(CCC)CCC)c1.CCCOc1cccc(OCC2(O)CCCCCCC2)c1.CCCOc1cccc(OCC2CCCC2)c1.CCCOc1cccc(OCC2CCCCC2)c1C.CCCOc1cccc(OCC2CCCCO2)c1. The number of rotatable bonds is 46. The third kappa shape index (κ3) is 48.2. The molecular weight excluding hydrogens is 1650 g/mol. The van der Waals surface area contributed by atoms with Crippen molar-refractivity contribution in [2.24, 2.45) is 29.6 Å². The van der Waals surface area contributed by atoms with Gasteiger partial charge in [-0.05, 0) is 282 Å². The van der Waals surface area contributed by atoms with Crippen LogP contribution >= 0.6 is 0 Å². The minimum absolute atomic E-state index is 0.249. The fraction of sp³-hybridized carbons (Fsp3) is 0.638. The number of hydrogen-bond acceptors (Lipinski definition) is 16. The van der Waals surface area contributed by atoms with Gasteiger partial charge in [-0.15, -0.1) is 0 Å². The molecule has 0 radical (unpaired) electrons. The average Bonchev–Trinajstić information content (AvgIpc) is 1.92. The van der Waals surface area contributed by atoms with Crippen molar-refractivity contribution in [3.8, 4) is 80.5 Å². The number of benzene rings is 7. The molecular formula is C116H178O16. The van der Waals surface area contributed by atoms with Crippen LogP contribution in [0.2, 0.25) is 0 Å². The Balaban J connectivity index is 0.000000211. The lowest BCUT2D eigenvalue weighted by molar-refractivity contribution is -0.0257. The molecule has 1 heterocycles. The van der Waals surface area contributed by atoms with Crippen molar-refractivity contribution in [2.75, 3.05) is 99.1 Å². The molecule has 7 aromatic carbocycles. The van der Waals surface area contributed by atoms with E-state index in [1.807, 2.05) is 121 Å². The van der Waals surface area contributed by atoms with E-state index in [0.29, 0.717) is 25.7 Å². The highest BCUT2D eigenvalue weighted by Gasteiger charge is 2.29. The fourth-order valence-corrected chi connectivity index (χ4v) is 17.2. The molecule has 1 N–H and O–H groups in total. The quantitative estimate of drug-likeness (QED) is 0.0384. The summed E-state index contributed by atoms with van der Waals surface area (Å²) in [5.74, 6) is 16.4. The van der Waals surface area contributed by atoms with E-state index < -0.39 is 5.60 Å². The Labute approximate surface area is 800 Å². The van der Waals surface area contributed by atoms with Crippen LogP contribution in [0, 0.1) is 50.4 Å².